The van der Waals surface area contributed by atoms with Crippen molar-refractivity contribution in [2.24, 2.45) is 10.7 Å². The molecule has 0 aromatic rings. The zero-order valence-electron chi connectivity index (χ0n) is 8.25. The highest BCUT2D eigenvalue weighted by Crippen LogP contribution is 2.03. The minimum atomic E-state index is -0.286. The van der Waals surface area contributed by atoms with Crippen LogP contribution in [0.5, 0.6) is 0 Å². The number of nitrogens with zero attached hydrogens (tertiary/aromatic N) is 1. The average Bonchev–Trinajstić information content (AvgIpc) is 2.53. The van der Waals surface area contributed by atoms with Gasteiger partial charge in [0.2, 0.25) is 0 Å². The number of hydrogen-bond donors (Lipinski definition) is 4. The van der Waals surface area contributed by atoms with E-state index >= 15 is 0 Å². The van der Waals surface area contributed by atoms with E-state index in [-0.39, 0.29) is 21.9 Å². The van der Waals surface area contributed by atoms with Crippen molar-refractivity contribution in [3.05, 3.63) is 23.4 Å². The summed E-state index contributed by atoms with van der Waals surface area (Å²) < 4.78 is 0.143. The molecule has 1 heterocycles. The first-order chi connectivity index (χ1) is 7.50. The highest BCUT2D eigenvalue weighted by Gasteiger charge is 2.18. The van der Waals surface area contributed by atoms with Crippen LogP contribution in [0.15, 0.2) is 28.4 Å². The number of nitrogens with two attached hydrogens (primary N) is 1. The largest absolute Gasteiger partial charge is 0.400 e. The molecular weight excluding hydrogens is 274 g/mol. The van der Waals surface area contributed by atoms with Gasteiger partial charge in [0.15, 0.2) is 0 Å². The van der Waals surface area contributed by atoms with Crippen molar-refractivity contribution in [1.82, 2.24) is 5.32 Å². The van der Waals surface area contributed by atoms with Crippen molar-refractivity contribution in [2.75, 3.05) is 6.54 Å². The Morgan fingerprint density at radius 1 is 1.50 bits per heavy atom. The van der Waals surface area contributed by atoms with E-state index in [1.54, 1.807) is 0 Å². The number of aliphatic imine (C=N–C) groups is 1. The van der Waals surface area contributed by atoms with Crippen molar-refractivity contribution in [3.8, 4) is 0 Å². The van der Waals surface area contributed by atoms with Crippen LogP contribution in [0.1, 0.15) is 0 Å². The maximum absolute atomic E-state index is 11.2. The first kappa shape index (κ1) is 12.3. The average molecular weight is 284 g/mol. The van der Waals surface area contributed by atoms with Gasteiger partial charge in [-0.1, -0.05) is 0 Å². The number of hydrogen-bond acceptors (Lipinski definition) is 4. The molecule has 0 fully saturated rings. The monoisotopic (exact) mass is 283 g/mol. The standard InChI is InChI=1S/C9H10BrN5O/c10-7(12)1-2-8(13)14-3-5-6(11)4-15-9(5)16/h1-3,12-13H,4,11H2,(H,15,16)/b2-1-,12-7?,13-8?,14-3?. The molecule has 0 saturated carbocycles. The number of halogens is 1. The molecule has 7 heteroatoms. The van der Waals surface area contributed by atoms with Crippen LogP contribution in [0.3, 0.4) is 0 Å². The molecule has 84 valence electrons. The zero-order chi connectivity index (χ0) is 12.1. The Hall–Kier alpha value is -1.76. The molecule has 0 atom stereocenters. The normalized spacial score (nSPS) is 16.2. The van der Waals surface area contributed by atoms with Crippen LogP contribution in [0.2, 0.25) is 0 Å². The fourth-order valence-corrected chi connectivity index (χ4v) is 1.11. The molecule has 0 aromatic carbocycles. The minimum Gasteiger partial charge on any atom is -0.400 e. The number of amides is 1. The van der Waals surface area contributed by atoms with Gasteiger partial charge in [-0.05, 0) is 28.1 Å². The Balaban J connectivity index is 2.67. The van der Waals surface area contributed by atoms with Gasteiger partial charge in [-0.15, -0.1) is 0 Å². The Bertz CT molecular complexity index is 435. The molecule has 0 saturated heterocycles. The molecule has 0 unspecified atom stereocenters. The molecule has 1 amide bonds. The van der Waals surface area contributed by atoms with E-state index < -0.39 is 0 Å². The fraction of sp³-hybridized carbons (Fsp3) is 0.111. The maximum atomic E-state index is 11.2. The molecule has 0 aromatic heterocycles. The van der Waals surface area contributed by atoms with Gasteiger partial charge in [0.05, 0.1) is 16.7 Å². The van der Waals surface area contributed by atoms with Crippen molar-refractivity contribution in [3.63, 3.8) is 0 Å². The number of rotatable bonds is 3. The third-order valence-electron chi connectivity index (χ3n) is 1.75. The van der Waals surface area contributed by atoms with Crippen LogP contribution >= 0.6 is 15.9 Å². The Morgan fingerprint density at radius 2 is 2.19 bits per heavy atom. The highest BCUT2D eigenvalue weighted by molar-refractivity contribution is 9.18. The Kier molecular flexibility index (Phi) is 4.12. The lowest BCUT2D eigenvalue weighted by atomic mass is 10.2. The second kappa shape index (κ2) is 5.36. The number of carbonyl (C=O) groups excluding carboxylic acids is 1. The summed E-state index contributed by atoms with van der Waals surface area (Å²) in [5, 5.41) is 17.0. The first-order valence-electron chi connectivity index (χ1n) is 4.32. The van der Waals surface area contributed by atoms with E-state index in [4.69, 9.17) is 16.6 Å². The molecule has 1 aliphatic heterocycles. The van der Waals surface area contributed by atoms with Crippen LogP contribution in [0.25, 0.3) is 0 Å². The third-order valence-corrected chi connectivity index (χ3v) is 2.01. The fourth-order valence-electron chi connectivity index (χ4n) is 0.983. The van der Waals surface area contributed by atoms with Gasteiger partial charge >= 0.3 is 0 Å². The van der Waals surface area contributed by atoms with E-state index in [1.807, 2.05) is 0 Å². The van der Waals surface area contributed by atoms with Crippen LogP contribution < -0.4 is 11.1 Å². The van der Waals surface area contributed by atoms with Gasteiger partial charge in [0.25, 0.3) is 5.91 Å². The smallest absolute Gasteiger partial charge is 0.254 e. The molecule has 0 spiro atoms. The lowest BCUT2D eigenvalue weighted by molar-refractivity contribution is -0.116. The van der Waals surface area contributed by atoms with Gasteiger partial charge < -0.3 is 11.1 Å². The lowest BCUT2D eigenvalue weighted by Gasteiger charge is -1.91. The van der Waals surface area contributed by atoms with Crippen molar-refractivity contribution in [2.45, 2.75) is 0 Å². The van der Waals surface area contributed by atoms with Crippen molar-refractivity contribution >= 4 is 38.5 Å². The molecule has 6 nitrogen and oxygen atoms in total. The predicted octanol–water partition coefficient (Wildman–Crippen LogP) is 0.305. The summed E-state index contributed by atoms with van der Waals surface area (Å²) in [7, 11) is 0. The Morgan fingerprint density at radius 3 is 2.69 bits per heavy atom. The maximum Gasteiger partial charge on any atom is 0.254 e. The van der Waals surface area contributed by atoms with E-state index in [0.29, 0.717) is 12.2 Å². The summed E-state index contributed by atoms with van der Waals surface area (Å²) in [6.07, 6.45) is 3.95. The SMILES string of the molecule is N=C(Br)/C=C\C(=N)N=CC1=C(N)CNC1=O. The van der Waals surface area contributed by atoms with Crippen LogP contribution in [0.4, 0.5) is 0 Å². The summed E-state index contributed by atoms with van der Waals surface area (Å²) in [5.41, 5.74) is 6.25. The second-order valence-electron chi connectivity index (χ2n) is 2.95. The van der Waals surface area contributed by atoms with Crippen molar-refractivity contribution < 1.29 is 4.79 Å². The molecule has 0 aliphatic carbocycles. The molecule has 5 N–H and O–H groups in total. The molecule has 1 rings (SSSR count). The minimum absolute atomic E-state index is 0.0656. The van der Waals surface area contributed by atoms with Gasteiger partial charge in [0.1, 0.15) is 5.84 Å². The summed E-state index contributed by atoms with van der Waals surface area (Å²) in [4.78, 5) is 14.9. The summed E-state index contributed by atoms with van der Waals surface area (Å²) in [5.74, 6) is -0.351. The van der Waals surface area contributed by atoms with Gasteiger partial charge in [-0.25, -0.2) is 4.99 Å². The quantitative estimate of drug-likeness (QED) is 0.441. The molecule has 16 heavy (non-hydrogen) atoms. The van der Waals surface area contributed by atoms with Gasteiger partial charge in [0, 0.05) is 11.9 Å². The summed E-state index contributed by atoms with van der Waals surface area (Å²) in [6.45, 7) is 0.315. The van der Waals surface area contributed by atoms with Gasteiger partial charge in [-0.3, -0.25) is 15.6 Å². The number of carbonyl (C=O) groups is 1. The van der Waals surface area contributed by atoms with E-state index in [0.717, 1.165) is 0 Å². The highest BCUT2D eigenvalue weighted by atomic mass is 79.9. The van der Waals surface area contributed by atoms with Crippen LogP contribution in [0, 0.1) is 10.8 Å². The van der Waals surface area contributed by atoms with Crippen molar-refractivity contribution in [1.29, 1.82) is 10.8 Å². The lowest BCUT2D eigenvalue weighted by Crippen LogP contribution is -2.18. The van der Waals surface area contributed by atoms with E-state index in [9.17, 15) is 4.79 Å². The summed E-state index contributed by atoms with van der Waals surface area (Å²) >= 11 is 2.89. The number of allylic oxidation sites excluding steroid dienone is 1. The van der Waals surface area contributed by atoms with Crippen LogP contribution in [-0.2, 0) is 4.79 Å². The summed E-state index contributed by atoms with van der Waals surface area (Å²) in [6, 6.07) is 0. The first-order valence-corrected chi connectivity index (χ1v) is 5.11. The molecule has 0 radical (unpaired) electrons. The Labute approximate surface area is 100 Å². The van der Waals surface area contributed by atoms with Crippen LogP contribution in [-0.4, -0.2) is 29.1 Å². The number of nitrogens with one attached hydrogen (secondary N) is 3. The van der Waals surface area contributed by atoms with Gasteiger partial charge in [-0.2, -0.15) is 0 Å². The van der Waals surface area contributed by atoms with E-state index in [1.165, 1.54) is 18.4 Å². The molecule has 1 aliphatic rings. The topological polar surface area (TPSA) is 115 Å². The number of amidine groups is 1. The third kappa shape index (κ3) is 3.43. The predicted molar refractivity (Wildman–Crippen MR) is 66.2 cm³/mol. The van der Waals surface area contributed by atoms with E-state index in [2.05, 4.69) is 26.2 Å². The molecule has 0 bridgehead atoms. The molecular formula is C9H10BrN5O. The second-order valence-corrected chi connectivity index (χ2v) is 3.80. The zero-order valence-corrected chi connectivity index (χ0v) is 9.84.